The summed E-state index contributed by atoms with van der Waals surface area (Å²) in [6.45, 7) is 6.76. The summed E-state index contributed by atoms with van der Waals surface area (Å²) in [4.78, 5) is 0. The Bertz CT molecular complexity index is 165. The van der Waals surface area contributed by atoms with Gasteiger partial charge in [-0.25, -0.2) is 0 Å². The van der Waals surface area contributed by atoms with Crippen molar-refractivity contribution >= 4 is 0 Å². The lowest BCUT2D eigenvalue weighted by Gasteiger charge is -2.43. The summed E-state index contributed by atoms with van der Waals surface area (Å²) in [7, 11) is 0. The molecule has 2 heterocycles. The molecule has 0 bridgehead atoms. The molecule has 2 aliphatic rings. The van der Waals surface area contributed by atoms with Crippen molar-refractivity contribution in [1.82, 2.24) is 0 Å². The van der Waals surface area contributed by atoms with E-state index in [0.717, 1.165) is 32.7 Å². The van der Waals surface area contributed by atoms with E-state index in [-0.39, 0.29) is 6.29 Å². The monoisotopic (exact) mass is 186 g/mol. The molecule has 2 unspecified atom stereocenters. The van der Waals surface area contributed by atoms with Gasteiger partial charge in [-0.3, -0.25) is 0 Å². The van der Waals surface area contributed by atoms with E-state index in [9.17, 15) is 0 Å². The molecule has 13 heavy (non-hydrogen) atoms. The Labute approximate surface area is 79.4 Å². The molecule has 0 radical (unpaired) electrons. The van der Waals surface area contributed by atoms with Crippen LogP contribution >= 0.6 is 0 Å². The predicted octanol–water partition coefficient (Wildman–Crippen LogP) is 1.56. The molecule has 0 spiro atoms. The van der Waals surface area contributed by atoms with Crippen LogP contribution in [0.2, 0.25) is 0 Å². The summed E-state index contributed by atoms with van der Waals surface area (Å²) in [6.07, 6.45) is 2.62. The van der Waals surface area contributed by atoms with Crippen LogP contribution in [0.3, 0.4) is 0 Å². The van der Waals surface area contributed by atoms with E-state index >= 15 is 0 Å². The van der Waals surface area contributed by atoms with Crippen LogP contribution in [-0.4, -0.2) is 32.2 Å². The van der Waals surface area contributed by atoms with Gasteiger partial charge in [-0.05, 0) is 13.3 Å². The van der Waals surface area contributed by atoms with Crippen LogP contribution in [-0.2, 0) is 14.2 Å². The molecule has 2 atom stereocenters. The van der Waals surface area contributed by atoms with Crippen LogP contribution in [0.15, 0.2) is 0 Å². The highest BCUT2D eigenvalue weighted by Gasteiger charge is 2.39. The third-order valence-electron chi connectivity index (χ3n) is 3.05. The van der Waals surface area contributed by atoms with Gasteiger partial charge in [0.25, 0.3) is 0 Å². The number of ether oxygens (including phenoxy) is 3. The van der Waals surface area contributed by atoms with Crippen molar-refractivity contribution in [2.24, 2.45) is 5.41 Å². The first-order chi connectivity index (χ1) is 6.24. The van der Waals surface area contributed by atoms with Gasteiger partial charge in [0.15, 0.2) is 6.29 Å². The fourth-order valence-corrected chi connectivity index (χ4v) is 1.68. The van der Waals surface area contributed by atoms with Crippen molar-refractivity contribution in [1.29, 1.82) is 0 Å². The van der Waals surface area contributed by atoms with Crippen LogP contribution in [0.4, 0.5) is 0 Å². The van der Waals surface area contributed by atoms with Crippen LogP contribution in [0.25, 0.3) is 0 Å². The van der Waals surface area contributed by atoms with Gasteiger partial charge in [0.1, 0.15) is 0 Å². The predicted molar refractivity (Wildman–Crippen MR) is 48.4 cm³/mol. The fourth-order valence-electron chi connectivity index (χ4n) is 1.68. The average molecular weight is 186 g/mol. The van der Waals surface area contributed by atoms with E-state index in [2.05, 4.69) is 13.8 Å². The molecule has 0 N–H and O–H groups in total. The molecule has 76 valence electrons. The second kappa shape index (κ2) is 3.56. The molecule has 2 rings (SSSR count). The average Bonchev–Trinajstić information content (AvgIpc) is 1.99. The highest BCUT2D eigenvalue weighted by atomic mass is 16.7. The summed E-state index contributed by atoms with van der Waals surface area (Å²) in [5.74, 6) is 0. The van der Waals surface area contributed by atoms with Crippen LogP contribution < -0.4 is 0 Å². The van der Waals surface area contributed by atoms with Crippen molar-refractivity contribution in [3.8, 4) is 0 Å². The number of hydrogen-bond acceptors (Lipinski definition) is 3. The molecule has 2 fully saturated rings. The van der Waals surface area contributed by atoms with Gasteiger partial charge in [-0.2, -0.15) is 0 Å². The normalized spacial score (nSPS) is 36.5. The van der Waals surface area contributed by atoms with E-state index in [0.29, 0.717) is 11.5 Å². The first-order valence-electron chi connectivity index (χ1n) is 5.09. The zero-order valence-corrected chi connectivity index (χ0v) is 8.41. The quantitative estimate of drug-likeness (QED) is 0.667. The minimum absolute atomic E-state index is 0.0547. The third-order valence-corrected chi connectivity index (χ3v) is 3.05. The van der Waals surface area contributed by atoms with Gasteiger partial charge in [-0.15, -0.1) is 0 Å². The lowest BCUT2D eigenvalue weighted by molar-refractivity contribution is -0.276. The molecule has 2 saturated heterocycles. The maximum atomic E-state index is 5.64. The molecular formula is C10H18O3. The standard InChI is InChI=1S/C10H18O3/c1-3-10(5-11-6-10)7-12-9-4-8(2)13-9/h8-9H,3-7H2,1-2H3. The molecule has 0 aliphatic carbocycles. The molecule has 0 aromatic carbocycles. The third kappa shape index (κ3) is 1.87. The topological polar surface area (TPSA) is 27.7 Å². The first-order valence-corrected chi connectivity index (χ1v) is 5.09. The second-order valence-corrected chi connectivity index (χ2v) is 4.27. The Morgan fingerprint density at radius 1 is 1.46 bits per heavy atom. The minimum atomic E-state index is 0.0547. The Kier molecular flexibility index (Phi) is 2.58. The summed E-state index contributed by atoms with van der Waals surface area (Å²) in [5, 5.41) is 0. The SMILES string of the molecule is CCC1(COC2CC(C)O2)COC1. The molecular weight excluding hydrogens is 168 g/mol. The van der Waals surface area contributed by atoms with Crippen molar-refractivity contribution in [3.05, 3.63) is 0 Å². The zero-order valence-electron chi connectivity index (χ0n) is 8.41. The van der Waals surface area contributed by atoms with Gasteiger partial charge in [0.05, 0.1) is 25.9 Å². The maximum absolute atomic E-state index is 5.64. The second-order valence-electron chi connectivity index (χ2n) is 4.27. The number of hydrogen-bond donors (Lipinski definition) is 0. The van der Waals surface area contributed by atoms with Crippen LogP contribution in [0, 0.1) is 5.41 Å². The lowest BCUT2D eigenvalue weighted by atomic mass is 9.84. The van der Waals surface area contributed by atoms with Crippen LogP contribution in [0.5, 0.6) is 0 Å². The Hall–Kier alpha value is -0.120. The highest BCUT2D eigenvalue weighted by Crippen LogP contribution is 2.33. The molecule has 0 aromatic rings. The van der Waals surface area contributed by atoms with Crippen molar-refractivity contribution < 1.29 is 14.2 Å². The Morgan fingerprint density at radius 2 is 2.15 bits per heavy atom. The van der Waals surface area contributed by atoms with Crippen molar-refractivity contribution in [2.45, 2.75) is 39.1 Å². The van der Waals surface area contributed by atoms with Gasteiger partial charge in [-0.1, -0.05) is 6.92 Å². The van der Waals surface area contributed by atoms with Crippen molar-refractivity contribution in [3.63, 3.8) is 0 Å². The molecule has 2 aliphatic heterocycles. The molecule has 0 aromatic heterocycles. The largest absolute Gasteiger partial charge is 0.380 e. The van der Waals surface area contributed by atoms with E-state index in [1.807, 2.05) is 0 Å². The fraction of sp³-hybridized carbons (Fsp3) is 1.00. The van der Waals surface area contributed by atoms with E-state index in [1.54, 1.807) is 0 Å². The maximum Gasteiger partial charge on any atom is 0.160 e. The Morgan fingerprint density at radius 3 is 2.54 bits per heavy atom. The van der Waals surface area contributed by atoms with Crippen molar-refractivity contribution in [2.75, 3.05) is 19.8 Å². The lowest BCUT2D eigenvalue weighted by Crippen LogP contribution is -2.48. The van der Waals surface area contributed by atoms with Gasteiger partial charge in [0, 0.05) is 11.8 Å². The molecule has 3 nitrogen and oxygen atoms in total. The van der Waals surface area contributed by atoms with Crippen LogP contribution in [0.1, 0.15) is 26.7 Å². The summed E-state index contributed by atoms with van der Waals surface area (Å²) in [6, 6.07) is 0. The summed E-state index contributed by atoms with van der Waals surface area (Å²) >= 11 is 0. The summed E-state index contributed by atoms with van der Waals surface area (Å²) in [5.41, 5.74) is 0.294. The van der Waals surface area contributed by atoms with E-state index in [4.69, 9.17) is 14.2 Å². The molecule has 0 saturated carbocycles. The van der Waals surface area contributed by atoms with Gasteiger partial charge >= 0.3 is 0 Å². The highest BCUT2D eigenvalue weighted by molar-refractivity contribution is 4.84. The van der Waals surface area contributed by atoms with Gasteiger partial charge < -0.3 is 14.2 Å². The molecule has 3 heteroatoms. The Balaban J connectivity index is 1.66. The minimum Gasteiger partial charge on any atom is -0.380 e. The van der Waals surface area contributed by atoms with Gasteiger partial charge in [0.2, 0.25) is 0 Å². The summed E-state index contributed by atoms with van der Waals surface area (Å²) < 4.78 is 16.2. The van der Waals surface area contributed by atoms with E-state index < -0.39 is 0 Å². The smallest absolute Gasteiger partial charge is 0.160 e. The van der Waals surface area contributed by atoms with E-state index in [1.165, 1.54) is 0 Å². The zero-order chi connectivity index (χ0) is 9.31. The number of rotatable bonds is 4. The molecule has 0 amide bonds. The first kappa shape index (κ1) is 9.44.